The Morgan fingerprint density at radius 2 is 2.00 bits per heavy atom. The van der Waals surface area contributed by atoms with E-state index in [0.29, 0.717) is 27.3 Å². The van der Waals surface area contributed by atoms with Crippen LogP contribution in [0.4, 0.5) is 5.69 Å². The number of nitrogens with one attached hydrogen (secondary N) is 2. The van der Waals surface area contributed by atoms with E-state index in [4.69, 9.17) is 27.6 Å². The van der Waals surface area contributed by atoms with Crippen LogP contribution in [0.1, 0.15) is 29.2 Å². The average molecular weight is 390 g/mol. The Hall–Kier alpha value is -2.50. The maximum absolute atomic E-state index is 11.7. The first-order valence-electron chi connectivity index (χ1n) is 7.97. The second kappa shape index (κ2) is 7.81. The van der Waals surface area contributed by atoms with Gasteiger partial charge >= 0.3 is 0 Å². The van der Waals surface area contributed by atoms with Gasteiger partial charge in [0.15, 0.2) is 5.76 Å². The minimum atomic E-state index is -0.199. The molecule has 26 heavy (non-hydrogen) atoms. The van der Waals surface area contributed by atoms with E-state index >= 15 is 0 Å². The average Bonchev–Trinajstić information content (AvgIpc) is 3.11. The zero-order valence-electron chi connectivity index (χ0n) is 14.2. The molecule has 0 aliphatic heterocycles. The van der Waals surface area contributed by atoms with E-state index in [2.05, 4.69) is 15.6 Å². The van der Waals surface area contributed by atoms with Gasteiger partial charge in [0.1, 0.15) is 6.04 Å². The van der Waals surface area contributed by atoms with Crippen LogP contribution >= 0.6 is 23.2 Å². The van der Waals surface area contributed by atoms with Gasteiger partial charge in [-0.25, -0.2) is 4.98 Å². The van der Waals surface area contributed by atoms with Crippen molar-refractivity contribution >= 4 is 34.8 Å². The van der Waals surface area contributed by atoms with Crippen molar-refractivity contribution in [2.45, 2.75) is 13.0 Å². The molecule has 1 aromatic heterocycles. The molecule has 3 rings (SSSR count). The van der Waals surface area contributed by atoms with Crippen LogP contribution < -0.4 is 10.6 Å². The lowest BCUT2D eigenvalue weighted by Crippen LogP contribution is -2.18. The lowest BCUT2D eigenvalue weighted by atomic mass is 10.1. The summed E-state index contributed by atoms with van der Waals surface area (Å²) in [5, 5.41) is 6.94. The first-order valence-corrected chi connectivity index (χ1v) is 8.73. The van der Waals surface area contributed by atoms with Crippen molar-refractivity contribution in [2.24, 2.45) is 0 Å². The number of rotatable bonds is 5. The molecule has 0 saturated carbocycles. The van der Waals surface area contributed by atoms with E-state index in [9.17, 15) is 4.79 Å². The van der Waals surface area contributed by atoms with Gasteiger partial charge < -0.3 is 15.1 Å². The summed E-state index contributed by atoms with van der Waals surface area (Å²) in [6.45, 7) is 1.92. The molecule has 0 bridgehead atoms. The predicted octanol–water partition coefficient (Wildman–Crippen LogP) is 5.18. The Kier molecular flexibility index (Phi) is 5.49. The van der Waals surface area contributed by atoms with Gasteiger partial charge in [0.2, 0.25) is 5.89 Å². The van der Waals surface area contributed by atoms with E-state index in [1.165, 1.54) is 0 Å². The molecule has 1 atom stereocenters. The number of carbonyl (C=O) groups excluding carboxylic acids is 1. The van der Waals surface area contributed by atoms with Crippen LogP contribution in [0.25, 0.3) is 11.3 Å². The highest BCUT2D eigenvalue weighted by atomic mass is 35.5. The second-order valence-electron chi connectivity index (χ2n) is 5.71. The van der Waals surface area contributed by atoms with Crippen LogP contribution in [0.5, 0.6) is 0 Å². The third-order valence-corrected chi connectivity index (χ3v) is 4.37. The summed E-state index contributed by atoms with van der Waals surface area (Å²) in [5.74, 6) is 0.933. The summed E-state index contributed by atoms with van der Waals surface area (Å²) in [4.78, 5) is 16.1. The van der Waals surface area contributed by atoms with Crippen molar-refractivity contribution in [3.63, 3.8) is 0 Å². The molecule has 0 fully saturated rings. The van der Waals surface area contributed by atoms with Crippen LogP contribution in [0.15, 0.2) is 53.1 Å². The number of carbonyl (C=O) groups is 1. The molecule has 0 aliphatic carbocycles. The fourth-order valence-corrected chi connectivity index (χ4v) is 3.01. The number of amides is 1. The molecule has 1 heterocycles. The number of oxazole rings is 1. The van der Waals surface area contributed by atoms with E-state index in [-0.39, 0.29) is 11.9 Å². The highest BCUT2D eigenvalue weighted by Crippen LogP contribution is 2.32. The number of nitrogens with zero attached hydrogens (tertiary/aromatic N) is 1. The van der Waals surface area contributed by atoms with Crippen LogP contribution in [0, 0.1) is 0 Å². The topological polar surface area (TPSA) is 67.2 Å². The van der Waals surface area contributed by atoms with Crippen LogP contribution in [-0.2, 0) is 0 Å². The number of anilines is 1. The molecule has 7 heteroatoms. The predicted molar refractivity (Wildman–Crippen MR) is 104 cm³/mol. The quantitative estimate of drug-likeness (QED) is 0.630. The summed E-state index contributed by atoms with van der Waals surface area (Å²) in [6, 6.07) is 12.2. The summed E-state index contributed by atoms with van der Waals surface area (Å²) in [5.41, 5.74) is 2.09. The molecule has 2 aromatic carbocycles. The Bertz CT molecular complexity index is 940. The minimum Gasteiger partial charge on any atom is -0.438 e. The maximum Gasteiger partial charge on any atom is 0.251 e. The molecule has 1 amide bonds. The van der Waals surface area contributed by atoms with E-state index in [1.54, 1.807) is 43.6 Å². The number of benzene rings is 2. The molecule has 3 aromatic rings. The number of hydrogen-bond donors (Lipinski definition) is 2. The molecule has 2 N–H and O–H groups in total. The highest BCUT2D eigenvalue weighted by Gasteiger charge is 2.15. The zero-order valence-corrected chi connectivity index (χ0v) is 15.7. The van der Waals surface area contributed by atoms with E-state index in [1.807, 2.05) is 19.1 Å². The van der Waals surface area contributed by atoms with E-state index < -0.39 is 0 Å². The lowest BCUT2D eigenvalue weighted by molar-refractivity contribution is 0.0963. The van der Waals surface area contributed by atoms with Gasteiger partial charge in [-0.2, -0.15) is 0 Å². The van der Waals surface area contributed by atoms with Crippen LogP contribution in [-0.4, -0.2) is 17.9 Å². The van der Waals surface area contributed by atoms with Crippen LogP contribution in [0.3, 0.4) is 0 Å². The van der Waals surface area contributed by atoms with Crippen LogP contribution in [0.2, 0.25) is 10.0 Å². The van der Waals surface area contributed by atoms with Crippen molar-refractivity contribution in [3.8, 4) is 11.3 Å². The number of halogens is 2. The monoisotopic (exact) mass is 389 g/mol. The fourth-order valence-electron chi connectivity index (χ4n) is 2.51. The summed E-state index contributed by atoms with van der Waals surface area (Å²) in [7, 11) is 1.60. The SMILES string of the molecule is CNC(=O)c1cccc(NC(C)c2ncc(-c3ccc(Cl)cc3Cl)o2)c1. The lowest BCUT2D eigenvalue weighted by Gasteiger charge is -2.13. The van der Waals surface area contributed by atoms with Crippen molar-refractivity contribution < 1.29 is 9.21 Å². The van der Waals surface area contributed by atoms with Gasteiger partial charge in [-0.05, 0) is 43.3 Å². The molecule has 0 aliphatic rings. The van der Waals surface area contributed by atoms with Gasteiger partial charge in [-0.1, -0.05) is 29.3 Å². The highest BCUT2D eigenvalue weighted by molar-refractivity contribution is 6.36. The smallest absolute Gasteiger partial charge is 0.251 e. The largest absolute Gasteiger partial charge is 0.438 e. The Labute approximate surface area is 161 Å². The van der Waals surface area contributed by atoms with Gasteiger partial charge in [0, 0.05) is 28.9 Å². The van der Waals surface area contributed by atoms with Gasteiger partial charge in [0.05, 0.1) is 11.2 Å². The second-order valence-corrected chi connectivity index (χ2v) is 6.56. The molecular weight excluding hydrogens is 373 g/mol. The normalized spacial score (nSPS) is 11.8. The molecule has 0 radical (unpaired) electrons. The maximum atomic E-state index is 11.7. The van der Waals surface area contributed by atoms with Gasteiger partial charge in [-0.3, -0.25) is 4.79 Å². The Morgan fingerprint density at radius 3 is 2.73 bits per heavy atom. The third kappa shape index (κ3) is 4.00. The minimum absolute atomic E-state index is 0.142. The third-order valence-electron chi connectivity index (χ3n) is 3.83. The van der Waals surface area contributed by atoms with Crippen molar-refractivity contribution in [3.05, 3.63) is 70.2 Å². The fraction of sp³-hybridized carbons (Fsp3) is 0.158. The van der Waals surface area contributed by atoms with Crippen molar-refractivity contribution in [2.75, 3.05) is 12.4 Å². The standard InChI is InChI=1S/C19H17Cl2N3O2/c1-11(24-14-5-3-4-12(8-14)18(25)22-2)19-23-10-17(26-19)15-7-6-13(20)9-16(15)21/h3-11,24H,1-2H3,(H,22,25). The molecule has 0 spiro atoms. The zero-order chi connectivity index (χ0) is 18.7. The van der Waals surface area contributed by atoms with Crippen molar-refractivity contribution in [1.82, 2.24) is 10.3 Å². The molecular formula is C19H17Cl2N3O2. The molecule has 134 valence electrons. The Morgan fingerprint density at radius 1 is 1.19 bits per heavy atom. The first kappa shape index (κ1) is 18.3. The summed E-state index contributed by atoms with van der Waals surface area (Å²) in [6.07, 6.45) is 1.63. The first-order chi connectivity index (χ1) is 12.5. The molecule has 5 nitrogen and oxygen atoms in total. The Balaban J connectivity index is 1.78. The molecule has 1 unspecified atom stereocenters. The van der Waals surface area contributed by atoms with Crippen molar-refractivity contribution in [1.29, 1.82) is 0 Å². The summed E-state index contributed by atoms with van der Waals surface area (Å²) >= 11 is 12.1. The van der Waals surface area contributed by atoms with Gasteiger partial charge in [-0.15, -0.1) is 0 Å². The van der Waals surface area contributed by atoms with Gasteiger partial charge in [0.25, 0.3) is 5.91 Å². The number of aromatic nitrogens is 1. The van der Waals surface area contributed by atoms with E-state index in [0.717, 1.165) is 11.3 Å². The number of hydrogen-bond acceptors (Lipinski definition) is 4. The summed E-state index contributed by atoms with van der Waals surface area (Å²) < 4.78 is 5.84. The molecule has 0 saturated heterocycles.